The average molecular weight is 354 g/mol. The van der Waals surface area contributed by atoms with Crippen LogP contribution in [0.2, 0.25) is 0 Å². The summed E-state index contributed by atoms with van der Waals surface area (Å²) in [4.78, 5) is 0. The highest BCUT2D eigenvalue weighted by molar-refractivity contribution is 8.21. The van der Waals surface area contributed by atoms with Gasteiger partial charge in [-0.3, -0.25) is 12.5 Å². The van der Waals surface area contributed by atoms with Gasteiger partial charge < -0.3 is 4.74 Å². The van der Waals surface area contributed by atoms with Crippen molar-refractivity contribution in [3.8, 4) is 0 Å². The highest BCUT2D eigenvalue weighted by Crippen LogP contribution is 2.35. The first-order valence-corrected chi connectivity index (χ1v) is 8.85. The quantitative estimate of drug-likeness (QED) is 0.363. The Morgan fingerprint density at radius 3 is 1.35 bits per heavy atom. The van der Waals surface area contributed by atoms with Gasteiger partial charge in [-0.05, 0) is 0 Å². The predicted octanol–water partition coefficient (Wildman–Crippen LogP) is -1.27. The molecule has 0 aliphatic rings. The summed E-state index contributed by atoms with van der Waals surface area (Å²) in [5.41, 5.74) is 0. The van der Waals surface area contributed by atoms with E-state index in [9.17, 15) is 25.3 Å². The van der Waals surface area contributed by atoms with Crippen molar-refractivity contribution in [2.24, 2.45) is 0 Å². The molecule has 0 radical (unpaired) electrons. The Balaban J connectivity index is 6.79. The molecule has 13 heteroatoms. The molecule has 0 saturated heterocycles. The molecule has 0 aliphatic carbocycles. The van der Waals surface area contributed by atoms with Crippen molar-refractivity contribution < 1.29 is 42.5 Å². The van der Waals surface area contributed by atoms with E-state index in [1.165, 1.54) is 0 Å². The first-order chi connectivity index (χ1) is 8.99. The van der Waals surface area contributed by atoms with E-state index >= 15 is 0 Å². The summed E-state index contributed by atoms with van der Waals surface area (Å²) in [6.07, 6.45) is 0.649. The van der Waals surface area contributed by atoms with Crippen molar-refractivity contribution in [3.63, 3.8) is 0 Å². The molecule has 0 heterocycles. The van der Waals surface area contributed by atoms with Crippen molar-refractivity contribution in [1.82, 2.24) is 0 Å². The Kier molecular flexibility index (Phi) is 6.13. The molecule has 0 saturated carbocycles. The van der Waals surface area contributed by atoms with E-state index in [-0.39, 0.29) is 0 Å². The Morgan fingerprint density at radius 2 is 1.15 bits per heavy atom. The van der Waals surface area contributed by atoms with Crippen molar-refractivity contribution in [3.05, 3.63) is 12.8 Å². The van der Waals surface area contributed by atoms with Crippen LogP contribution in [0.25, 0.3) is 0 Å². The zero-order valence-electron chi connectivity index (χ0n) is 10.8. The lowest BCUT2D eigenvalue weighted by Gasteiger charge is -2.27. The number of hydrogen-bond acceptors (Lipinski definition) is 10. The van der Waals surface area contributed by atoms with Crippen LogP contribution in [0.5, 0.6) is 0 Å². The predicted molar refractivity (Wildman–Crippen MR) is 66.7 cm³/mol. The van der Waals surface area contributed by atoms with E-state index in [2.05, 4.69) is 23.9 Å². The van der Waals surface area contributed by atoms with Crippen molar-refractivity contribution in [2.75, 3.05) is 27.9 Å². The summed E-state index contributed by atoms with van der Waals surface area (Å²) in [5, 5.41) is 0. The van der Waals surface area contributed by atoms with Crippen LogP contribution in [0.1, 0.15) is 0 Å². The van der Waals surface area contributed by atoms with E-state index in [0.717, 1.165) is 0 Å². The molecular weight excluding hydrogens is 340 g/mol. The molecule has 0 aliphatic heterocycles. The van der Waals surface area contributed by atoms with Gasteiger partial charge in [0.2, 0.25) is 0 Å². The maximum atomic E-state index is 11.9. The first-order valence-electron chi connectivity index (χ1n) is 4.62. The fraction of sp³-hybridized carbons (Fsp3) is 0.714. The van der Waals surface area contributed by atoms with Crippen LogP contribution < -0.4 is 0 Å². The van der Waals surface area contributed by atoms with E-state index in [4.69, 9.17) is 0 Å². The van der Waals surface area contributed by atoms with Gasteiger partial charge in [-0.25, -0.2) is 0 Å². The normalized spacial score (nSPS) is 13.9. The summed E-state index contributed by atoms with van der Waals surface area (Å²) in [7, 11) is -14.0. The molecule has 10 nitrogen and oxygen atoms in total. The van der Waals surface area contributed by atoms with E-state index in [1.807, 2.05) is 0 Å². The molecule has 0 N–H and O–H groups in total. The lowest BCUT2D eigenvalue weighted by atomic mass is 10.8. The van der Waals surface area contributed by atoms with Gasteiger partial charge in [0.15, 0.2) is 0 Å². The molecule has 20 heavy (non-hydrogen) atoms. The van der Waals surface area contributed by atoms with E-state index in [0.29, 0.717) is 27.6 Å². The third-order valence-corrected chi connectivity index (χ3v) is 9.81. The monoisotopic (exact) mass is 354 g/mol. The fourth-order valence-electron chi connectivity index (χ4n) is 1.13. The number of rotatable bonds is 9. The van der Waals surface area contributed by atoms with Crippen LogP contribution in [0.3, 0.4) is 0 Å². The SMILES string of the molecule is C=COCC(S(=O)(=O)OC)(S(=O)(=O)OC)S(=O)(=O)OC. The molecule has 0 aromatic carbocycles. The molecule has 0 aromatic rings. The lowest BCUT2D eigenvalue weighted by molar-refractivity contribution is 0.233. The average Bonchev–Trinajstić information content (AvgIpc) is 2.38. The minimum Gasteiger partial charge on any atom is -0.498 e. The topological polar surface area (TPSA) is 139 Å². The van der Waals surface area contributed by atoms with Crippen LogP contribution in [0, 0.1) is 0 Å². The van der Waals surface area contributed by atoms with Crippen LogP contribution in [-0.4, -0.2) is 56.6 Å². The Labute approximate surface area is 117 Å². The van der Waals surface area contributed by atoms with Crippen molar-refractivity contribution in [1.29, 1.82) is 0 Å². The number of ether oxygens (including phenoxy) is 1. The summed E-state index contributed by atoms with van der Waals surface area (Å²) < 4.78 is 84.1. The number of hydrogen-bond donors (Lipinski definition) is 0. The van der Waals surface area contributed by atoms with Gasteiger partial charge in [0.1, 0.15) is 6.61 Å². The van der Waals surface area contributed by atoms with Gasteiger partial charge in [0.25, 0.3) is 0 Å². The molecule has 0 amide bonds. The van der Waals surface area contributed by atoms with E-state index < -0.39 is 40.4 Å². The molecule has 0 atom stereocenters. The summed E-state index contributed by atoms with van der Waals surface area (Å²) in [6.45, 7) is 1.67. The maximum Gasteiger partial charge on any atom is 0.378 e. The van der Waals surface area contributed by atoms with Gasteiger partial charge in [-0.1, -0.05) is 6.58 Å². The molecule has 0 fully saturated rings. The van der Waals surface area contributed by atoms with Gasteiger partial charge >= 0.3 is 33.8 Å². The zero-order valence-corrected chi connectivity index (χ0v) is 13.2. The Bertz CT molecular complexity index is 557. The highest BCUT2D eigenvalue weighted by atomic mass is 32.3. The van der Waals surface area contributed by atoms with E-state index in [1.54, 1.807) is 0 Å². The minimum atomic E-state index is -5.23. The van der Waals surface area contributed by atoms with Crippen molar-refractivity contribution >= 4 is 30.4 Å². The highest BCUT2D eigenvalue weighted by Gasteiger charge is 2.69. The van der Waals surface area contributed by atoms with Crippen LogP contribution in [0.4, 0.5) is 0 Å². The second kappa shape index (κ2) is 6.36. The maximum absolute atomic E-state index is 11.9. The zero-order chi connectivity index (χ0) is 16.2. The van der Waals surface area contributed by atoms with Gasteiger partial charge in [-0.2, -0.15) is 25.3 Å². The molecular formula is C7H14O10S3. The fourth-order valence-corrected chi connectivity index (χ4v) is 6.76. The minimum absolute atomic E-state index is 0.578. The second-order valence-electron chi connectivity index (χ2n) is 3.02. The Morgan fingerprint density at radius 1 is 0.850 bits per heavy atom. The smallest absolute Gasteiger partial charge is 0.378 e. The standard InChI is InChI=1S/C7H14O10S3/c1-5-17-6-7(18(8,9)14-2,19(10,11)15-3)20(12,13)16-4/h5H,1,6H2,2-4H3. The molecule has 0 spiro atoms. The third kappa shape index (κ3) is 2.82. The lowest BCUT2D eigenvalue weighted by Crippen LogP contribution is -2.57. The molecule has 0 unspecified atom stereocenters. The van der Waals surface area contributed by atoms with Gasteiger partial charge in [0.05, 0.1) is 27.6 Å². The summed E-state index contributed by atoms with van der Waals surface area (Å²) in [6, 6.07) is 0. The first kappa shape index (κ1) is 19.3. The Hall–Kier alpha value is -0.730. The van der Waals surface area contributed by atoms with Crippen LogP contribution >= 0.6 is 0 Å². The van der Waals surface area contributed by atoms with Gasteiger partial charge in [-0.15, -0.1) is 0 Å². The molecule has 0 rings (SSSR count). The summed E-state index contributed by atoms with van der Waals surface area (Å²) in [5.74, 6) is 0. The van der Waals surface area contributed by atoms with Gasteiger partial charge in [0, 0.05) is 0 Å². The summed E-state index contributed by atoms with van der Waals surface area (Å²) >= 11 is 0. The van der Waals surface area contributed by atoms with Crippen LogP contribution in [0.15, 0.2) is 12.8 Å². The molecule has 0 bridgehead atoms. The van der Waals surface area contributed by atoms with Crippen molar-refractivity contribution in [2.45, 2.75) is 3.41 Å². The molecule has 120 valence electrons. The third-order valence-electron chi connectivity index (χ3n) is 2.18. The largest absolute Gasteiger partial charge is 0.498 e. The molecule has 0 aromatic heterocycles. The van der Waals surface area contributed by atoms with Crippen LogP contribution in [-0.2, 0) is 47.6 Å². The second-order valence-corrected chi connectivity index (χ2v) is 9.61.